The zero-order chi connectivity index (χ0) is 13.9. The van der Waals surface area contributed by atoms with Gasteiger partial charge in [0.25, 0.3) is 0 Å². The molecule has 1 aliphatic rings. The highest BCUT2D eigenvalue weighted by atomic mass is 28.4. The first-order valence-corrected chi connectivity index (χ1v) is 10.9. The molecule has 0 saturated carbocycles. The van der Waals surface area contributed by atoms with E-state index in [0.29, 0.717) is 5.92 Å². The third kappa shape index (κ3) is 3.08. The molecule has 0 aliphatic heterocycles. The molecule has 2 heteroatoms. The van der Waals surface area contributed by atoms with Crippen molar-refractivity contribution in [3.63, 3.8) is 0 Å². The Morgan fingerprint density at radius 2 is 1.44 bits per heavy atom. The van der Waals surface area contributed by atoms with Crippen LogP contribution in [-0.4, -0.2) is 8.32 Å². The topological polar surface area (TPSA) is 9.23 Å². The van der Waals surface area contributed by atoms with E-state index in [9.17, 15) is 0 Å². The Labute approximate surface area is 114 Å². The van der Waals surface area contributed by atoms with Crippen LogP contribution in [0.25, 0.3) is 0 Å². The maximum absolute atomic E-state index is 6.45. The van der Waals surface area contributed by atoms with E-state index in [2.05, 4.69) is 47.3 Å². The molecule has 1 nitrogen and oxygen atoms in total. The van der Waals surface area contributed by atoms with Crippen molar-refractivity contribution in [2.45, 2.75) is 73.0 Å². The lowest BCUT2D eigenvalue weighted by Gasteiger charge is -2.26. The summed E-state index contributed by atoms with van der Waals surface area (Å²) in [7, 11) is -1.51. The van der Waals surface area contributed by atoms with Crippen LogP contribution in [-0.2, 0) is 4.43 Å². The second-order valence-corrected chi connectivity index (χ2v) is 10.5. The molecule has 1 aliphatic carbocycles. The van der Waals surface area contributed by atoms with Crippen molar-refractivity contribution in [1.82, 2.24) is 0 Å². The third-order valence-electron chi connectivity index (χ3n) is 3.70. The maximum atomic E-state index is 6.45. The molecule has 18 heavy (non-hydrogen) atoms. The number of rotatable bonds is 6. The van der Waals surface area contributed by atoms with Crippen LogP contribution in [0.1, 0.15) is 53.4 Å². The summed E-state index contributed by atoms with van der Waals surface area (Å²) < 4.78 is 6.45. The molecule has 0 saturated heterocycles. The predicted molar refractivity (Wildman–Crippen MR) is 83.1 cm³/mol. The lowest BCUT2D eigenvalue weighted by Crippen LogP contribution is -2.27. The first-order chi connectivity index (χ1) is 8.39. The third-order valence-corrected chi connectivity index (χ3v) is 4.53. The second kappa shape index (κ2) is 6.09. The molecular formula is C16H30OSi. The summed E-state index contributed by atoms with van der Waals surface area (Å²) in [4.78, 5) is 0. The van der Waals surface area contributed by atoms with Gasteiger partial charge in [-0.25, -0.2) is 0 Å². The number of hydrogen-bond donors (Lipinski definition) is 0. The minimum atomic E-state index is -1.51. The van der Waals surface area contributed by atoms with Gasteiger partial charge < -0.3 is 4.43 Å². The minimum absolute atomic E-state index is 0.562. The van der Waals surface area contributed by atoms with Crippen molar-refractivity contribution < 1.29 is 4.43 Å². The van der Waals surface area contributed by atoms with Gasteiger partial charge in [0, 0.05) is 5.92 Å². The highest BCUT2D eigenvalue weighted by molar-refractivity contribution is 6.70. The first kappa shape index (κ1) is 15.6. The van der Waals surface area contributed by atoms with E-state index in [-0.39, 0.29) is 0 Å². The SMILES string of the molecule is CCC1=C(CC)C(CC)C(O[Si](C)(C)C)=C1CC. The summed E-state index contributed by atoms with van der Waals surface area (Å²) in [5.74, 6) is 1.89. The maximum Gasteiger partial charge on any atom is 0.241 e. The van der Waals surface area contributed by atoms with E-state index >= 15 is 0 Å². The van der Waals surface area contributed by atoms with Gasteiger partial charge in [0.15, 0.2) is 0 Å². The van der Waals surface area contributed by atoms with Gasteiger partial charge in [-0.1, -0.05) is 33.3 Å². The summed E-state index contributed by atoms with van der Waals surface area (Å²) in [5.41, 5.74) is 4.76. The van der Waals surface area contributed by atoms with Crippen LogP contribution in [0.15, 0.2) is 22.5 Å². The largest absolute Gasteiger partial charge is 0.547 e. The molecule has 0 heterocycles. The molecule has 1 rings (SSSR count). The van der Waals surface area contributed by atoms with E-state index in [4.69, 9.17) is 4.43 Å². The Kier molecular flexibility index (Phi) is 5.27. The molecule has 104 valence electrons. The molecule has 0 bridgehead atoms. The van der Waals surface area contributed by atoms with E-state index < -0.39 is 8.32 Å². The van der Waals surface area contributed by atoms with Crippen LogP contribution >= 0.6 is 0 Å². The van der Waals surface area contributed by atoms with E-state index in [1.54, 1.807) is 11.1 Å². The van der Waals surface area contributed by atoms with Crippen molar-refractivity contribution in [3.05, 3.63) is 22.5 Å². The fourth-order valence-electron chi connectivity index (χ4n) is 3.10. The molecule has 0 fully saturated rings. The molecule has 1 unspecified atom stereocenters. The highest BCUT2D eigenvalue weighted by Gasteiger charge is 2.33. The van der Waals surface area contributed by atoms with Crippen LogP contribution in [0, 0.1) is 5.92 Å². The molecule has 0 radical (unpaired) electrons. The van der Waals surface area contributed by atoms with Crippen molar-refractivity contribution in [3.8, 4) is 0 Å². The van der Waals surface area contributed by atoms with Gasteiger partial charge in [0.05, 0.1) is 5.76 Å². The molecular weight excluding hydrogens is 236 g/mol. The standard InChI is InChI=1S/C16H30OSi/c1-8-12-13(9-2)15(11-4)16(14(12)10-3)17-18(5,6)7/h14H,8-11H2,1-7H3. The van der Waals surface area contributed by atoms with Crippen molar-refractivity contribution in [2.24, 2.45) is 5.92 Å². The predicted octanol–water partition coefficient (Wildman–Crippen LogP) is 5.66. The minimum Gasteiger partial charge on any atom is -0.547 e. The lowest BCUT2D eigenvalue weighted by molar-refractivity contribution is 0.355. The summed E-state index contributed by atoms with van der Waals surface area (Å²) in [5, 5.41) is 0. The lowest BCUT2D eigenvalue weighted by atomic mass is 9.94. The van der Waals surface area contributed by atoms with E-state index in [1.807, 2.05) is 0 Å². The van der Waals surface area contributed by atoms with Crippen LogP contribution in [0.3, 0.4) is 0 Å². The Hall–Kier alpha value is -0.503. The second-order valence-electron chi connectivity index (χ2n) is 6.08. The monoisotopic (exact) mass is 266 g/mol. The molecule has 0 amide bonds. The normalized spacial score (nSPS) is 20.9. The Morgan fingerprint density at radius 3 is 1.78 bits per heavy atom. The zero-order valence-electron chi connectivity index (χ0n) is 13.3. The van der Waals surface area contributed by atoms with Gasteiger partial charge in [-0.3, -0.25) is 0 Å². The van der Waals surface area contributed by atoms with E-state index in [1.165, 1.54) is 24.2 Å². The average Bonchev–Trinajstić information content (AvgIpc) is 2.58. The zero-order valence-corrected chi connectivity index (χ0v) is 14.3. The van der Waals surface area contributed by atoms with Gasteiger partial charge in [0.1, 0.15) is 0 Å². The van der Waals surface area contributed by atoms with Gasteiger partial charge in [0.2, 0.25) is 8.32 Å². The fourth-order valence-corrected chi connectivity index (χ4v) is 4.03. The van der Waals surface area contributed by atoms with Crippen LogP contribution in [0.5, 0.6) is 0 Å². The Bertz CT molecular complexity index is 358. The van der Waals surface area contributed by atoms with Crippen LogP contribution in [0.2, 0.25) is 19.6 Å². The summed E-state index contributed by atoms with van der Waals surface area (Å²) in [6.07, 6.45) is 4.62. The van der Waals surface area contributed by atoms with Gasteiger partial charge in [-0.15, -0.1) is 0 Å². The van der Waals surface area contributed by atoms with Crippen molar-refractivity contribution >= 4 is 8.32 Å². The highest BCUT2D eigenvalue weighted by Crippen LogP contribution is 2.44. The van der Waals surface area contributed by atoms with Crippen molar-refractivity contribution in [2.75, 3.05) is 0 Å². The molecule has 0 spiro atoms. The molecule has 1 atom stereocenters. The summed E-state index contributed by atoms with van der Waals surface area (Å²) >= 11 is 0. The van der Waals surface area contributed by atoms with E-state index in [0.717, 1.165) is 12.8 Å². The van der Waals surface area contributed by atoms with Gasteiger partial charge >= 0.3 is 0 Å². The molecule has 0 aromatic heterocycles. The van der Waals surface area contributed by atoms with Gasteiger partial charge in [-0.05, 0) is 56.5 Å². The summed E-state index contributed by atoms with van der Waals surface area (Å²) in [6, 6.07) is 0. The quantitative estimate of drug-likeness (QED) is 0.564. The molecule has 0 aromatic carbocycles. The van der Waals surface area contributed by atoms with Crippen molar-refractivity contribution in [1.29, 1.82) is 0 Å². The fraction of sp³-hybridized carbons (Fsp3) is 0.750. The van der Waals surface area contributed by atoms with Crippen LogP contribution < -0.4 is 0 Å². The van der Waals surface area contributed by atoms with Gasteiger partial charge in [-0.2, -0.15) is 0 Å². The first-order valence-electron chi connectivity index (χ1n) is 7.53. The number of allylic oxidation sites excluding steroid dienone is 3. The average molecular weight is 267 g/mol. The number of hydrogen-bond acceptors (Lipinski definition) is 1. The summed E-state index contributed by atoms with van der Waals surface area (Å²) in [6.45, 7) is 16.0. The smallest absolute Gasteiger partial charge is 0.241 e. The van der Waals surface area contributed by atoms with Crippen LogP contribution in [0.4, 0.5) is 0 Å². The molecule has 0 N–H and O–H groups in total. The molecule has 0 aromatic rings. The Morgan fingerprint density at radius 1 is 0.889 bits per heavy atom. The Balaban J connectivity index is 3.20.